The standard InChI is InChI=1S/C11H14ClN3O3/c1-14-5-7-4-8(12)2-3-9(7)18-6-10(16)15-11(13)17/h2-4,14H,5-6H2,1H3,(H3,13,15,16,17). The van der Waals surface area contributed by atoms with Gasteiger partial charge in [-0.1, -0.05) is 11.6 Å². The van der Waals surface area contributed by atoms with Gasteiger partial charge in [-0.25, -0.2) is 4.79 Å². The van der Waals surface area contributed by atoms with E-state index in [0.717, 1.165) is 5.56 Å². The fraction of sp³-hybridized carbons (Fsp3) is 0.273. The summed E-state index contributed by atoms with van der Waals surface area (Å²) in [4.78, 5) is 21.6. The number of hydrogen-bond donors (Lipinski definition) is 3. The average molecular weight is 272 g/mol. The third-order valence-electron chi connectivity index (χ3n) is 2.01. The number of amides is 3. The van der Waals surface area contributed by atoms with E-state index in [9.17, 15) is 9.59 Å². The predicted octanol–water partition coefficient (Wildman–Crippen LogP) is 0.633. The van der Waals surface area contributed by atoms with Crippen LogP contribution < -0.4 is 21.1 Å². The van der Waals surface area contributed by atoms with Gasteiger partial charge in [0.2, 0.25) is 0 Å². The molecule has 4 N–H and O–H groups in total. The number of carbonyl (C=O) groups is 2. The minimum absolute atomic E-state index is 0.290. The van der Waals surface area contributed by atoms with Crippen LogP contribution >= 0.6 is 11.6 Å². The second kappa shape index (κ2) is 6.83. The summed E-state index contributed by atoms with van der Waals surface area (Å²) in [6, 6.07) is 4.14. The molecule has 1 aromatic carbocycles. The number of halogens is 1. The Bertz CT molecular complexity index is 451. The average Bonchev–Trinajstić information content (AvgIpc) is 2.27. The largest absolute Gasteiger partial charge is 0.483 e. The molecule has 3 amide bonds. The van der Waals surface area contributed by atoms with Gasteiger partial charge in [-0.15, -0.1) is 0 Å². The summed E-state index contributed by atoms with van der Waals surface area (Å²) in [5.74, 6) is -0.0822. The molecule has 0 spiro atoms. The number of urea groups is 1. The third-order valence-corrected chi connectivity index (χ3v) is 2.25. The van der Waals surface area contributed by atoms with E-state index < -0.39 is 11.9 Å². The SMILES string of the molecule is CNCc1cc(Cl)ccc1OCC(=O)NC(N)=O. The number of hydrogen-bond acceptors (Lipinski definition) is 4. The number of rotatable bonds is 5. The summed E-state index contributed by atoms with van der Waals surface area (Å²) >= 11 is 5.86. The summed E-state index contributed by atoms with van der Waals surface area (Å²) in [5.41, 5.74) is 5.62. The summed E-state index contributed by atoms with van der Waals surface area (Å²) in [5, 5.41) is 5.45. The smallest absolute Gasteiger partial charge is 0.318 e. The van der Waals surface area contributed by atoms with Gasteiger partial charge in [-0.05, 0) is 25.2 Å². The van der Waals surface area contributed by atoms with Crippen molar-refractivity contribution in [1.29, 1.82) is 0 Å². The first-order valence-corrected chi connectivity index (χ1v) is 5.56. The van der Waals surface area contributed by atoms with Crippen LogP contribution in [-0.2, 0) is 11.3 Å². The quantitative estimate of drug-likeness (QED) is 0.732. The molecule has 6 nitrogen and oxygen atoms in total. The van der Waals surface area contributed by atoms with Crippen LogP contribution in [0.3, 0.4) is 0 Å². The maximum atomic E-state index is 11.2. The maximum Gasteiger partial charge on any atom is 0.318 e. The highest BCUT2D eigenvalue weighted by Crippen LogP contribution is 2.22. The molecule has 98 valence electrons. The van der Waals surface area contributed by atoms with Crippen LogP contribution in [0.25, 0.3) is 0 Å². The molecule has 18 heavy (non-hydrogen) atoms. The normalized spacial score (nSPS) is 9.89. The van der Waals surface area contributed by atoms with Crippen molar-refractivity contribution in [3.63, 3.8) is 0 Å². The van der Waals surface area contributed by atoms with E-state index in [2.05, 4.69) is 5.32 Å². The van der Waals surface area contributed by atoms with Gasteiger partial charge in [-0.3, -0.25) is 10.1 Å². The zero-order valence-electron chi connectivity index (χ0n) is 9.83. The van der Waals surface area contributed by atoms with Gasteiger partial charge < -0.3 is 15.8 Å². The molecule has 0 heterocycles. The monoisotopic (exact) mass is 271 g/mol. The zero-order chi connectivity index (χ0) is 13.5. The Labute approximate surface area is 109 Å². The van der Waals surface area contributed by atoms with E-state index in [1.807, 2.05) is 5.32 Å². The highest BCUT2D eigenvalue weighted by molar-refractivity contribution is 6.30. The third kappa shape index (κ3) is 4.60. The highest BCUT2D eigenvalue weighted by Gasteiger charge is 2.08. The van der Waals surface area contributed by atoms with Crippen molar-refractivity contribution >= 4 is 23.5 Å². The topological polar surface area (TPSA) is 93.4 Å². The van der Waals surface area contributed by atoms with Crippen molar-refractivity contribution in [1.82, 2.24) is 10.6 Å². The lowest BCUT2D eigenvalue weighted by atomic mass is 10.2. The van der Waals surface area contributed by atoms with Gasteiger partial charge in [0.25, 0.3) is 5.91 Å². The van der Waals surface area contributed by atoms with E-state index in [1.54, 1.807) is 25.2 Å². The van der Waals surface area contributed by atoms with Gasteiger partial charge in [0.05, 0.1) is 0 Å². The second-order valence-corrected chi connectivity index (χ2v) is 3.92. The molecule has 7 heteroatoms. The molecular formula is C11H14ClN3O3. The van der Waals surface area contributed by atoms with Crippen LogP contribution in [0.4, 0.5) is 4.79 Å². The molecule has 0 bridgehead atoms. The molecule has 1 rings (SSSR count). The van der Waals surface area contributed by atoms with Crippen LogP contribution in [0.5, 0.6) is 5.75 Å². The first-order chi connectivity index (χ1) is 8.52. The van der Waals surface area contributed by atoms with Crippen LogP contribution in [0.15, 0.2) is 18.2 Å². The molecule has 0 aliphatic rings. The Hall–Kier alpha value is -1.79. The van der Waals surface area contributed by atoms with Crippen molar-refractivity contribution in [2.45, 2.75) is 6.54 Å². The minimum Gasteiger partial charge on any atom is -0.483 e. The van der Waals surface area contributed by atoms with Crippen molar-refractivity contribution in [2.24, 2.45) is 5.73 Å². The van der Waals surface area contributed by atoms with Gasteiger partial charge in [0.1, 0.15) is 5.75 Å². The number of benzene rings is 1. The maximum absolute atomic E-state index is 11.2. The molecule has 0 radical (unpaired) electrons. The minimum atomic E-state index is -0.907. The van der Waals surface area contributed by atoms with Crippen LogP contribution in [0.2, 0.25) is 5.02 Å². The number of ether oxygens (including phenoxy) is 1. The number of nitrogens with one attached hydrogen (secondary N) is 2. The Kier molecular flexibility index (Phi) is 5.41. The van der Waals surface area contributed by atoms with Crippen molar-refractivity contribution in [2.75, 3.05) is 13.7 Å². The van der Waals surface area contributed by atoms with Crippen LogP contribution in [0.1, 0.15) is 5.56 Å². The Balaban J connectivity index is 2.66. The van der Waals surface area contributed by atoms with Gasteiger partial charge in [-0.2, -0.15) is 0 Å². The van der Waals surface area contributed by atoms with Crippen LogP contribution in [-0.4, -0.2) is 25.6 Å². The first-order valence-electron chi connectivity index (χ1n) is 5.18. The summed E-state index contributed by atoms with van der Waals surface area (Å²) in [7, 11) is 1.78. The predicted molar refractivity (Wildman–Crippen MR) is 67.4 cm³/mol. The molecule has 0 saturated heterocycles. The molecule has 0 atom stereocenters. The van der Waals surface area contributed by atoms with Gasteiger partial charge in [0.15, 0.2) is 6.61 Å². The highest BCUT2D eigenvalue weighted by atomic mass is 35.5. The molecule has 0 saturated carbocycles. The first kappa shape index (κ1) is 14.3. The van der Waals surface area contributed by atoms with Crippen molar-refractivity contribution in [3.05, 3.63) is 28.8 Å². The molecule has 0 aromatic heterocycles. The van der Waals surface area contributed by atoms with Crippen LogP contribution in [0, 0.1) is 0 Å². The van der Waals surface area contributed by atoms with E-state index in [1.165, 1.54) is 0 Å². The van der Waals surface area contributed by atoms with Crippen molar-refractivity contribution < 1.29 is 14.3 Å². The lowest BCUT2D eigenvalue weighted by Gasteiger charge is -2.11. The lowest BCUT2D eigenvalue weighted by molar-refractivity contribution is -0.121. The molecule has 0 fully saturated rings. The second-order valence-electron chi connectivity index (χ2n) is 3.48. The van der Waals surface area contributed by atoms with Gasteiger partial charge >= 0.3 is 6.03 Å². The molecule has 0 unspecified atom stereocenters. The zero-order valence-corrected chi connectivity index (χ0v) is 10.6. The van der Waals surface area contributed by atoms with E-state index in [4.69, 9.17) is 22.1 Å². The molecule has 0 aliphatic heterocycles. The fourth-order valence-electron chi connectivity index (χ4n) is 1.33. The van der Waals surface area contributed by atoms with Gasteiger partial charge in [0, 0.05) is 17.1 Å². The Morgan fingerprint density at radius 2 is 2.17 bits per heavy atom. The summed E-state index contributed by atoms with van der Waals surface area (Å²) < 4.78 is 5.29. The van der Waals surface area contributed by atoms with E-state index >= 15 is 0 Å². The van der Waals surface area contributed by atoms with E-state index in [-0.39, 0.29) is 6.61 Å². The summed E-state index contributed by atoms with van der Waals surface area (Å²) in [6.45, 7) is 0.259. The van der Waals surface area contributed by atoms with E-state index in [0.29, 0.717) is 17.3 Å². The number of nitrogens with two attached hydrogens (primary N) is 1. The fourth-order valence-corrected chi connectivity index (χ4v) is 1.53. The lowest BCUT2D eigenvalue weighted by Crippen LogP contribution is -2.38. The molecular weight excluding hydrogens is 258 g/mol. The Morgan fingerprint density at radius 1 is 1.44 bits per heavy atom. The molecule has 0 aliphatic carbocycles. The summed E-state index contributed by atoms with van der Waals surface area (Å²) in [6.07, 6.45) is 0. The molecule has 1 aromatic rings. The number of primary amides is 1. The number of carbonyl (C=O) groups excluding carboxylic acids is 2. The Morgan fingerprint density at radius 3 is 2.78 bits per heavy atom. The van der Waals surface area contributed by atoms with Crippen molar-refractivity contribution in [3.8, 4) is 5.75 Å². The number of imide groups is 1.